The van der Waals surface area contributed by atoms with Gasteiger partial charge in [0.25, 0.3) is 0 Å². The zero-order valence-corrected chi connectivity index (χ0v) is 17.9. The third kappa shape index (κ3) is 3.71. The Kier molecular flexibility index (Phi) is 5.24. The second-order valence-corrected chi connectivity index (χ2v) is 8.31. The van der Waals surface area contributed by atoms with Crippen LogP contribution < -0.4 is 0 Å². The zero-order chi connectivity index (χ0) is 20.5. The minimum Gasteiger partial charge on any atom is -0.294 e. The van der Waals surface area contributed by atoms with E-state index in [0.717, 1.165) is 54.6 Å². The van der Waals surface area contributed by atoms with Gasteiger partial charge in [-0.3, -0.25) is 4.90 Å². The highest BCUT2D eigenvalue weighted by Crippen LogP contribution is 2.30. The highest BCUT2D eigenvalue weighted by molar-refractivity contribution is 6.30. The summed E-state index contributed by atoms with van der Waals surface area (Å²) in [5, 5.41) is 3.38. The summed E-state index contributed by atoms with van der Waals surface area (Å²) in [6, 6.07) is 23.2. The molecule has 0 unspecified atom stereocenters. The predicted octanol–water partition coefficient (Wildman–Crippen LogP) is 6.07. The summed E-state index contributed by atoms with van der Waals surface area (Å²) in [5.41, 5.74) is 5.98. The van der Waals surface area contributed by atoms with Crippen molar-refractivity contribution in [2.75, 3.05) is 6.54 Å². The summed E-state index contributed by atoms with van der Waals surface area (Å²) in [7, 11) is 0. The summed E-state index contributed by atoms with van der Waals surface area (Å²) in [5.74, 6) is 0.918. The van der Waals surface area contributed by atoms with E-state index >= 15 is 0 Å². The third-order valence-corrected chi connectivity index (χ3v) is 6.15. The van der Waals surface area contributed by atoms with Crippen molar-refractivity contribution < 1.29 is 0 Å². The van der Waals surface area contributed by atoms with Crippen LogP contribution in [-0.2, 0) is 25.9 Å². The second-order valence-electron chi connectivity index (χ2n) is 7.87. The maximum absolute atomic E-state index is 6.12. The average Bonchev–Trinajstić information content (AvgIpc) is 2.79. The van der Waals surface area contributed by atoms with Crippen LogP contribution >= 0.6 is 11.6 Å². The number of benzene rings is 3. The quantitative estimate of drug-likeness (QED) is 0.406. The summed E-state index contributed by atoms with van der Waals surface area (Å²) in [4.78, 5) is 12.3. The van der Waals surface area contributed by atoms with Crippen LogP contribution in [0.15, 0.2) is 66.7 Å². The monoisotopic (exact) mass is 413 g/mol. The Morgan fingerprint density at radius 3 is 2.57 bits per heavy atom. The number of fused-ring (bicyclic) bond motifs is 2. The number of nitrogens with zero attached hydrogens (tertiary/aromatic N) is 3. The van der Waals surface area contributed by atoms with Gasteiger partial charge in [-0.1, -0.05) is 73.1 Å². The van der Waals surface area contributed by atoms with Gasteiger partial charge in [0.1, 0.15) is 5.82 Å². The fraction of sp³-hybridized carbons (Fsp3) is 0.231. The van der Waals surface area contributed by atoms with E-state index in [9.17, 15) is 0 Å². The van der Waals surface area contributed by atoms with Crippen LogP contribution in [-0.4, -0.2) is 21.4 Å². The molecule has 4 heteroatoms. The first kappa shape index (κ1) is 19.2. The Morgan fingerprint density at radius 2 is 1.73 bits per heavy atom. The number of aromatic nitrogens is 2. The van der Waals surface area contributed by atoms with Gasteiger partial charge in [-0.25, -0.2) is 9.97 Å². The molecule has 1 aromatic heterocycles. The van der Waals surface area contributed by atoms with E-state index in [1.165, 1.54) is 27.6 Å². The van der Waals surface area contributed by atoms with Crippen LogP contribution in [0.5, 0.6) is 0 Å². The maximum atomic E-state index is 6.12. The molecule has 1 aliphatic heterocycles. The average molecular weight is 414 g/mol. The van der Waals surface area contributed by atoms with Crippen LogP contribution in [0.25, 0.3) is 22.0 Å². The minimum absolute atomic E-state index is 0.745. The molecule has 5 rings (SSSR count). The Hall–Kier alpha value is -2.75. The molecular formula is C26H24ClN3. The molecule has 0 bridgehead atoms. The molecule has 0 spiro atoms. The van der Waals surface area contributed by atoms with E-state index in [2.05, 4.69) is 66.4 Å². The molecule has 150 valence electrons. The Labute approximate surface area is 182 Å². The third-order valence-electron chi connectivity index (χ3n) is 5.89. The van der Waals surface area contributed by atoms with Crippen molar-refractivity contribution in [3.8, 4) is 11.3 Å². The summed E-state index contributed by atoms with van der Waals surface area (Å²) in [6.45, 7) is 4.91. The number of aryl methyl sites for hydroxylation is 1. The lowest BCUT2D eigenvalue weighted by Gasteiger charge is -2.30. The Balaban J connectivity index is 1.50. The second kappa shape index (κ2) is 8.17. The normalized spacial score (nSPS) is 14.1. The van der Waals surface area contributed by atoms with Gasteiger partial charge < -0.3 is 0 Å². The SMILES string of the molecule is CCc1nc2c(c(-c3ccc(Cl)cc3)n1)CN(Cc1cccc3ccccc13)CC2. The van der Waals surface area contributed by atoms with Crippen molar-refractivity contribution in [2.24, 2.45) is 0 Å². The van der Waals surface area contributed by atoms with E-state index in [1.54, 1.807) is 0 Å². The standard InChI is InChI=1S/C26H24ClN3/c1-2-25-28-24-14-15-30(16-20-8-5-7-18-6-3-4-9-22(18)20)17-23(24)26(29-25)19-10-12-21(27)13-11-19/h3-13H,2,14-17H2,1H3. The summed E-state index contributed by atoms with van der Waals surface area (Å²) >= 11 is 6.12. The van der Waals surface area contributed by atoms with E-state index < -0.39 is 0 Å². The molecule has 30 heavy (non-hydrogen) atoms. The lowest BCUT2D eigenvalue weighted by atomic mass is 9.97. The molecular weight excluding hydrogens is 390 g/mol. The van der Waals surface area contributed by atoms with E-state index in [0.29, 0.717) is 0 Å². The van der Waals surface area contributed by atoms with Gasteiger partial charge in [0.2, 0.25) is 0 Å². The van der Waals surface area contributed by atoms with Crippen molar-refractivity contribution in [1.29, 1.82) is 0 Å². The molecule has 0 amide bonds. The lowest BCUT2D eigenvalue weighted by Crippen LogP contribution is -2.31. The van der Waals surface area contributed by atoms with Crippen LogP contribution in [0, 0.1) is 0 Å². The molecule has 0 aliphatic carbocycles. The van der Waals surface area contributed by atoms with Gasteiger partial charge >= 0.3 is 0 Å². The molecule has 0 saturated carbocycles. The molecule has 0 saturated heterocycles. The van der Waals surface area contributed by atoms with Crippen molar-refractivity contribution in [3.05, 3.63) is 94.4 Å². The first-order chi connectivity index (χ1) is 14.7. The van der Waals surface area contributed by atoms with Crippen molar-refractivity contribution >= 4 is 22.4 Å². The topological polar surface area (TPSA) is 29.0 Å². The van der Waals surface area contributed by atoms with Gasteiger partial charge in [-0.05, 0) is 28.5 Å². The summed E-state index contributed by atoms with van der Waals surface area (Å²) in [6.07, 6.45) is 1.80. The first-order valence-corrected chi connectivity index (χ1v) is 10.9. The maximum Gasteiger partial charge on any atom is 0.129 e. The van der Waals surface area contributed by atoms with Gasteiger partial charge in [-0.2, -0.15) is 0 Å². The van der Waals surface area contributed by atoms with Gasteiger partial charge in [0, 0.05) is 48.6 Å². The van der Waals surface area contributed by atoms with Gasteiger partial charge in [-0.15, -0.1) is 0 Å². The molecule has 0 radical (unpaired) electrons. The number of hydrogen-bond acceptors (Lipinski definition) is 3. The van der Waals surface area contributed by atoms with Crippen molar-refractivity contribution in [3.63, 3.8) is 0 Å². The predicted molar refractivity (Wildman–Crippen MR) is 124 cm³/mol. The van der Waals surface area contributed by atoms with E-state index in [4.69, 9.17) is 21.6 Å². The molecule has 0 atom stereocenters. The number of halogens is 1. The zero-order valence-electron chi connectivity index (χ0n) is 17.1. The molecule has 0 fully saturated rings. The molecule has 3 nitrogen and oxygen atoms in total. The first-order valence-electron chi connectivity index (χ1n) is 10.5. The minimum atomic E-state index is 0.745. The Bertz CT molecular complexity index is 1200. The molecule has 3 aromatic carbocycles. The van der Waals surface area contributed by atoms with E-state index in [1.807, 2.05) is 12.1 Å². The van der Waals surface area contributed by atoms with Crippen LogP contribution in [0.4, 0.5) is 0 Å². The largest absolute Gasteiger partial charge is 0.294 e. The van der Waals surface area contributed by atoms with Crippen LogP contribution in [0.2, 0.25) is 5.02 Å². The van der Waals surface area contributed by atoms with Crippen LogP contribution in [0.1, 0.15) is 29.6 Å². The molecule has 2 heterocycles. The van der Waals surface area contributed by atoms with Crippen LogP contribution in [0.3, 0.4) is 0 Å². The Morgan fingerprint density at radius 1 is 0.933 bits per heavy atom. The smallest absolute Gasteiger partial charge is 0.129 e. The van der Waals surface area contributed by atoms with Crippen molar-refractivity contribution in [1.82, 2.24) is 14.9 Å². The lowest BCUT2D eigenvalue weighted by molar-refractivity contribution is 0.244. The summed E-state index contributed by atoms with van der Waals surface area (Å²) < 4.78 is 0. The van der Waals surface area contributed by atoms with Gasteiger partial charge in [0.15, 0.2) is 0 Å². The highest BCUT2D eigenvalue weighted by Gasteiger charge is 2.23. The highest BCUT2D eigenvalue weighted by atomic mass is 35.5. The van der Waals surface area contributed by atoms with Crippen molar-refractivity contribution in [2.45, 2.75) is 32.9 Å². The molecule has 1 aliphatic rings. The number of rotatable bonds is 4. The fourth-order valence-electron chi connectivity index (χ4n) is 4.33. The number of hydrogen-bond donors (Lipinski definition) is 0. The molecule has 4 aromatic rings. The van der Waals surface area contributed by atoms with Gasteiger partial charge in [0.05, 0.1) is 11.4 Å². The fourth-order valence-corrected chi connectivity index (χ4v) is 4.46. The van der Waals surface area contributed by atoms with E-state index in [-0.39, 0.29) is 0 Å². The molecule has 0 N–H and O–H groups in total.